The number of amides is 1. The smallest absolute Gasteiger partial charge is 0.331 e. The fourth-order valence-electron chi connectivity index (χ4n) is 2.30. The van der Waals surface area contributed by atoms with Crippen LogP contribution in [0.2, 0.25) is 0 Å². The Balaban J connectivity index is 1.47. The Morgan fingerprint density at radius 3 is 2.96 bits per heavy atom. The van der Waals surface area contributed by atoms with Crippen molar-refractivity contribution in [1.29, 1.82) is 0 Å². The maximum atomic E-state index is 11.7. The molecule has 0 saturated heterocycles. The number of fused-ring (bicyclic) bond motifs is 1. The average Bonchev–Trinajstić information content (AvgIpc) is 3.30. The molecule has 1 aromatic heterocycles. The van der Waals surface area contributed by atoms with E-state index in [0.29, 0.717) is 5.92 Å². The van der Waals surface area contributed by atoms with E-state index in [-0.39, 0.29) is 18.6 Å². The van der Waals surface area contributed by atoms with Crippen LogP contribution in [0.5, 0.6) is 0 Å². The number of aromatic nitrogens is 1. The van der Waals surface area contributed by atoms with Crippen LogP contribution in [0.3, 0.4) is 0 Å². The molecule has 0 radical (unpaired) electrons. The van der Waals surface area contributed by atoms with Crippen molar-refractivity contribution in [3.05, 3.63) is 35.3 Å². The number of rotatable bonds is 6. The van der Waals surface area contributed by atoms with Gasteiger partial charge in [-0.15, -0.1) is 11.3 Å². The molecule has 0 bridgehead atoms. The van der Waals surface area contributed by atoms with Gasteiger partial charge in [-0.05, 0) is 43.9 Å². The third-order valence-electron chi connectivity index (χ3n) is 3.74. The van der Waals surface area contributed by atoms with E-state index < -0.39 is 5.97 Å². The zero-order valence-electron chi connectivity index (χ0n) is 12.8. The number of nitrogens with one attached hydrogen (secondary N) is 1. The first-order valence-electron chi connectivity index (χ1n) is 7.61. The summed E-state index contributed by atoms with van der Waals surface area (Å²) in [7, 11) is 0. The lowest BCUT2D eigenvalue weighted by Crippen LogP contribution is -2.36. The zero-order chi connectivity index (χ0) is 16.2. The van der Waals surface area contributed by atoms with E-state index in [2.05, 4.69) is 10.3 Å². The molecule has 0 spiro atoms. The van der Waals surface area contributed by atoms with Crippen LogP contribution in [0.1, 0.15) is 24.8 Å². The maximum absolute atomic E-state index is 11.7. The Labute approximate surface area is 138 Å². The first kappa shape index (κ1) is 15.7. The molecule has 23 heavy (non-hydrogen) atoms. The lowest BCUT2D eigenvalue weighted by atomic mass is 10.2. The van der Waals surface area contributed by atoms with Crippen LogP contribution in [0.25, 0.3) is 16.3 Å². The highest BCUT2D eigenvalue weighted by Gasteiger charge is 2.28. The Morgan fingerprint density at radius 1 is 1.43 bits per heavy atom. The Bertz CT molecular complexity index is 716. The molecule has 1 amide bonds. The highest BCUT2D eigenvalue weighted by molar-refractivity contribution is 7.19. The minimum absolute atomic E-state index is 0.152. The van der Waals surface area contributed by atoms with Gasteiger partial charge in [0.2, 0.25) is 0 Å². The van der Waals surface area contributed by atoms with Crippen molar-refractivity contribution < 1.29 is 14.3 Å². The largest absolute Gasteiger partial charge is 0.452 e. The highest BCUT2D eigenvalue weighted by atomic mass is 32.1. The normalized spacial score (nSPS) is 15.7. The van der Waals surface area contributed by atoms with Crippen LogP contribution in [-0.4, -0.2) is 29.5 Å². The number of carbonyl (C=O) groups excluding carboxylic acids is 2. The van der Waals surface area contributed by atoms with Gasteiger partial charge < -0.3 is 10.1 Å². The monoisotopic (exact) mass is 330 g/mol. The zero-order valence-corrected chi connectivity index (χ0v) is 13.6. The van der Waals surface area contributed by atoms with Gasteiger partial charge in [-0.25, -0.2) is 9.78 Å². The number of hydrogen-bond acceptors (Lipinski definition) is 5. The lowest BCUT2D eigenvalue weighted by molar-refractivity contribution is -0.144. The first-order valence-corrected chi connectivity index (χ1v) is 8.43. The molecule has 1 N–H and O–H groups in total. The van der Waals surface area contributed by atoms with Crippen molar-refractivity contribution in [2.45, 2.75) is 25.8 Å². The third kappa shape index (κ3) is 4.39. The number of hydrogen-bond donors (Lipinski definition) is 1. The van der Waals surface area contributed by atoms with Gasteiger partial charge in [0.15, 0.2) is 6.61 Å². The van der Waals surface area contributed by atoms with E-state index in [1.807, 2.05) is 31.2 Å². The van der Waals surface area contributed by atoms with E-state index in [4.69, 9.17) is 4.74 Å². The van der Waals surface area contributed by atoms with E-state index in [1.165, 1.54) is 17.4 Å². The second kappa shape index (κ2) is 6.91. The molecule has 1 aromatic carbocycles. The second-order valence-corrected chi connectivity index (χ2v) is 6.72. The molecule has 0 unspecified atom stereocenters. The van der Waals surface area contributed by atoms with Crippen LogP contribution < -0.4 is 5.32 Å². The summed E-state index contributed by atoms with van der Waals surface area (Å²) in [4.78, 5) is 27.7. The van der Waals surface area contributed by atoms with Crippen LogP contribution in [-0.2, 0) is 14.3 Å². The number of carbonyl (C=O) groups is 2. The van der Waals surface area contributed by atoms with E-state index in [0.717, 1.165) is 28.1 Å². The Morgan fingerprint density at radius 2 is 2.22 bits per heavy atom. The summed E-state index contributed by atoms with van der Waals surface area (Å²) in [5.74, 6) is -0.224. The van der Waals surface area contributed by atoms with E-state index >= 15 is 0 Å². The molecule has 1 heterocycles. The van der Waals surface area contributed by atoms with Crippen molar-refractivity contribution in [3.8, 4) is 0 Å². The molecular formula is C17H18N2O3S. The predicted molar refractivity (Wildman–Crippen MR) is 89.9 cm³/mol. The fraction of sp³-hybridized carbons (Fsp3) is 0.353. The van der Waals surface area contributed by atoms with E-state index in [1.54, 1.807) is 6.08 Å². The van der Waals surface area contributed by atoms with Gasteiger partial charge in [-0.1, -0.05) is 12.1 Å². The number of nitrogens with zero attached hydrogens (tertiary/aromatic N) is 1. The van der Waals surface area contributed by atoms with Crippen LogP contribution >= 0.6 is 11.3 Å². The van der Waals surface area contributed by atoms with Crippen LogP contribution in [0, 0.1) is 5.92 Å². The van der Waals surface area contributed by atoms with Gasteiger partial charge in [0.1, 0.15) is 5.01 Å². The van der Waals surface area contributed by atoms with Gasteiger partial charge in [0, 0.05) is 12.1 Å². The van der Waals surface area contributed by atoms with Gasteiger partial charge in [0.25, 0.3) is 5.91 Å². The molecular weight excluding hydrogens is 312 g/mol. The summed E-state index contributed by atoms with van der Waals surface area (Å²) in [5.41, 5.74) is 0.902. The van der Waals surface area contributed by atoms with Crippen molar-refractivity contribution in [3.63, 3.8) is 0 Å². The van der Waals surface area contributed by atoms with Crippen molar-refractivity contribution in [2.24, 2.45) is 5.92 Å². The fourth-order valence-corrected chi connectivity index (χ4v) is 3.17. The Hall–Kier alpha value is -2.21. The number of ether oxygens (including phenoxy) is 1. The highest BCUT2D eigenvalue weighted by Crippen LogP contribution is 2.32. The molecule has 1 saturated carbocycles. The molecule has 6 heteroatoms. The van der Waals surface area contributed by atoms with Gasteiger partial charge >= 0.3 is 5.97 Å². The van der Waals surface area contributed by atoms with Gasteiger partial charge in [-0.3, -0.25) is 4.79 Å². The van der Waals surface area contributed by atoms with Crippen molar-refractivity contribution in [2.75, 3.05) is 6.61 Å². The summed E-state index contributed by atoms with van der Waals surface area (Å²) in [6, 6.07) is 7.93. The number of benzene rings is 1. The molecule has 1 aliphatic carbocycles. The molecule has 3 rings (SSSR count). The van der Waals surface area contributed by atoms with Crippen molar-refractivity contribution >= 4 is 39.5 Å². The summed E-state index contributed by atoms with van der Waals surface area (Å²) in [5, 5.41) is 3.57. The molecule has 5 nitrogen and oxygen atoms in total. The SMILES string of the molecule is C[C@H](NC(=O)COC(=O)/C=C/c1nc2ccccc2s1)C1CC1. The van der Waals surface area contributed by atoms with Crippen LogP contribution in [0.15, 0.2) is 30.3 Å². The second-order valence-electron chi connectivity index (χ2n) is 5.65. The summed E-state index contributed by atoms with van der Waals surface area (Å²) in [6.45, 7) is 1.73. The van der Waals surface area contributed by atoms with Crippen LogP contribution in [0.4, 0.5) is 0 Å². The van der Waals surface area contributed by atoms with Gasteiger partial charge in [-0.2, -0.15) is 0 Å². The average molecular weight is 330 g/mol. The third-order valence-corrected chi connectivity index (χ3v) is 4.74. The number of thiazole rings is 1. The molecule has 1 atom stereocenters. The molecule has 120 valence electrons. The molecule has 2 aromatic rings. The minimum Gasteiger partial charge on any atom is -0.452 e. The molecule has 1 aliphatic rings. The van der Waals surface area contributed by atoms with E-state index in [9.17, 15) is 9.59 Å². The number of esters is 1. The Kier molecular flexibility index (Phi) is 4.71. The maximum Gasteiger partial charge on any atom is 0.331 e. The lowest BCUT2D eigenvalue weighted by Gasteiger charge is -2.12. The molecule has 1 fully saturated rings. The topological polar surface area (TPSA) is 68.3 Å². The molecule has 0 aliphatic heterocycles. The van der Waals surface area contributed by atoms with Gasteiger partial charge in [0.05, 0.1) is 10.2 Å². The summed E-state index contributed by atoms with van der Waals surface area (Å²) in [6.07, 6.45) is 5.23. The minimum atomic E-state index is -0.543. The quantitative estimate of drug-likeness (QED) is 0.653. The first-order chi connectivity index (χ1) is 11.1. The standard InChI is InChI=1S/C17H18N2O3S/c1-11(12-6-7-12)18-15(20)10-22-17(21)9-8-16-19-13-4-2-3-5-14(13)23-16/h2-5,8-9,11-12H,6-7,10H2,1H3,(H,18,20)/b9-8+/t11-/m0/s1. The van der Waals surface area contributed by atoms with Crippen molar-refractivity contribution in [1.82, 2.24) is 10.3 Å². The predicted octanol–water partition coefficient (Wildman–Crippen LogP) is 2.77. The number of para-hydroxylation sites is 1. The summed E-state index contributed by atoms with van der Waals surface area (Å²) >= 11 is 1.50. The summed E-state index contributed by atoms with van der Waals surface area (Å²) < 4.78 is 6.00.